The fourth-order valence-electron chi connectivity index (χ4n) is 3.36. The average Bonchev–Trinajstić information content (AvgIpc) is 3.09. The van der Waals surface area contributed by atoms with Gasteiger partial charge in [-0.25, -0.2) is 4.98 Å². The molecule has 1 saturated heterocycles. The normalized spacial score (nSPS) is 15.7. The van der Waals surface area contributed by atoms with Crippen molar-refractivity contribution in [2.45, 2.75) is 11.6 Å². The van der Waals surface area contributed by atoms with E-state index in [0.29, 0.717) is 0 Å². The summed E-state index contributed by atoms with van der Waals surface area (Å²) >= 11 is 7.92. The summed E-state index contributed by atoms with van der Waals surface area (Å²) in [7, 11) is 0. The Morgan fingerprint density at radius 1 is 1.04 bits per heavy atom. The molecule has 0 radical (unpaired) electrons. The second-order valence-electron chi connectivity index (χ2n) is 6.57. The lowest BCUT2D eigenvalue weighted by molar-refractivity contribution is 0.259. The number of benzene rings is 2. The number of H-pyrrole nitrogens is 1. The molecule has 2 heterocycles. The zero-order valence-electron chi connectivity index (χ0n) is 14.7. The Labute approximate surface area is 163 Å². The first kappa shape index (κ1) is 17.7. The van der Waals surface area contributed by atoms with Gasteiger partial charge in [-0.3, -0.25) is 4.90 Å². The van der Waals surface area contributed by atoms with Gasteiger partial charge in [-0.05, 0) is 43.3 Å². The molecule has 2 aromatic carbocycles. The van der Waals surface area contributed by atoms with Crippen LogP contribution in [0, 0.1) is 0 Å². The molecule has 0 spiro atoms. The second kappa shape index (κ2) is 8.33. The summed E-state index contributed by atoms with van der Waals surface area (Å²) < 4.78 is 0. The molecular formula is C20H23ClN4S. The van der Waals surface area contributed by atoms with Gasteiger partial charge >= 0.3 is 0 Å². The number of aromatic amines is 1. The number of halogens is 1. The zero-order chi connectivity index (χ0) is 17.8. The van der Waals surface area contributed by atoms with Crippen LogP contribution in [0.1, 0.15) is 6.42 Å². The monoisotopic (exact) mass is 386 g/mol. The number of anilines is 1. The lowest BCUT2D eigenvalue weighted by atomic mass is 10.2. The van der Waals surface area contributed by atoms with E-state index in [2.05, 4.69) is 44.0 Å². The number of rotatable bonds is 6. The van der Waals surface area contributed by atoms with Gasteiger partial charge in [0.1, 0.15) is 0 Å². The van der Waals surface area contributed by atoms with Crippen molar-refractivity contribution in [2.24, 2.45) is 0 Å². The van der Waals surface area contributed by atoms with E-state index in [1.54, 1.807) is 0 Å². The molecule has 0 saturated carbocycles. The minimum Gasteiger partial charge on any atom is -0.369 e. The number of para-hydroxylation sites is 2. The van der Waals surface area contributed by atoms with E-state index in [9.17, 15) is 0 Å². The van der Waals surface area contributed by atoms with E-state index < -0.39 is 0 Å². The maximum absolute atomic E-state index is 6.11. The van der Waals surface area contributed by atoms with Crippen molar-refractivity contribution in [1.29, 1.82) is 0 Å². The average molecular weight is 387 g/mol. The Kier molecular flexibility index (Phi) is 5.68. The maximum atomic E-state index is 6.11. The molecule has 26 heavy (non-hydrogen) atoms. The van der Waals surface area contributed by atoms with Crippen LogP contribution in [0.25, 0.3) is 11.0 Å². The highest BCUT2D eigenvalue weighted by Gasteiger charge is 2.17. The molecule has 0 aliphatic carbocycles. The fraction of sp³-hybridized carbons (Fsp3) is 0.350. The van der Waals surface area contributed by atoms with Crippen LogP contribution >= 0.6 is 23.4 Å². The number of nitrogens with zero attached hydrogens (tertiary/aromatic N) is 3. The van der Waals surface area contributed by atoms with Crippen LogP contribution in [0.5, 0.6) is 0 Å². The Morgan fingerprint density at radius 3 is 2.69 bits per heavy atom. The molecule has 136 valence electrons. The zero-order valence-corrected chi connectivity index (χ0v) is 16.3. The highest BCUT2D eigenvalue weighted by Crippen LogP contribution is 2.22. The third-order valence-electron chi connectivity index (χ3n) is 4.77. The number of thioether (sulfide) groups is 1. The standard InChI is InChI=1S/C20H23ClN4S/c21-16-5-3-6-17(15-16)25-12-10-24(11-13-25)9-4-14-26-20-22-18-7-1-2-8-19(18)23-20/h1-3,5-8,15H,4,9-14H2,(H,22,23). The van der Waals surface area contributed by atoms with Gasteiger partial charge in [-0.2, -0.15) is 0 Å². The quantitative estimate of drug-likeness (QED) is 0.499. The van der Waals surface area contributed by atoms with Crippen LogP contribution in [-0.2, 0) is 0 Å². The van der Waals surface area contributed by atoms with Crippen LogP contribution in [0.3, 0.4) is 0 Å². The summed E-state index contributed by atoms with van der Waals surface area (Å²) in [5.74, 6) is 1.09. The lowest BCUT2D eigenvalue weighted by Crippen LogP contribution is -2.46. The van der Waals surface area contributed by atoms with Crippen molar-refractivity contribution in [3.05, 3.63) is 53.6 Å². The molecule has 0 bridgehead atoms. The molecule has 4 nitrogen and oxygen atoms in total. The highest BCUT2D eigenvalue weighted by atomic mass is 35.5. The van der Waals surface area contributed by atoms with Gasteiger partial charge in [0.25, 0.3) is 0 Å². The third kappa shape index (κ3) is 4.34. The summed E-state index contributed by atoms with van der Waals surface area (Å²) in [4.78, 5) is 13.0. The molecule has 1 aliphatic rings. The molecule has 0 amide bonds. The predicted octanol–water partition coefficient (Wildman–Crippen LogP) is 4.52. The summed E-state index contributed by atoms with van der Waals surface area (Å²) in [6, 6.07) is 16.4. The maximum Gasteiger partial charge on any atom is 0.166 e. The molecule has 4 rings (SSSR count). The van der Waals surface area contributed by atoms with Gasteiger partial charge in [0, 0.05) is 42.6 Å². The SMILES string of the molecule is Clc1cccc(N2CCN(CCCSc3nc4ccccc4[nH]3)CC2)c1. The van der Waals surface area contributed by atoms with E-state index >= 15 is 0 Å². The first-order valence-corrected chi connectivity index (χ1v) is 10.4. The van der Waals surface area contributed by atoms with Gasteiger partial charge in [0.05, 0.1) is 11.0 Å². The lowest BCUT2D eigenvalue weighted by Gasteiger charge is -2.36. The molecule has 1 aliphatic heterocycles. The number of hydrogen-bond acceptors (Lipinski definition) is 4. The van der Waals surface area contributed by atoms with Gasteiger partial charge in [-0.1, -0.05) is 41.6 Å². The molecule has 1 aromatic heterocycles. The smallest absolute Gasteiger partial charge is 0.166 e. The highest BCUT2D eigenvalue weighted by molar-refractivity contribution is 7.99. The molecule has 0 unspecified atom stereocenters. The fourth-order valence-corrected chi connectivity index (χ4v) is 4.35. The minimum absolute atomic E-state index is 0.813. The molecule has 1 fully saturated rings. The van der Waals surface area contributed by atoms with E-state index in [1.165, 1.54) is 12.1 Å². The summed E-state index contributed by atoms with van der Waals surface area (Å²) in [5, 5.41) is 1.84. The number of piperazine rings is 1. The molecular weight excluding hydrogens is 364 g/mol. The summed E-state index contributed by atoms with van der Waals surface area (Å²) in [5.41, 5.74) is 3.40. The largest absolute Gasteiger partial charge is 0.369 e. The first-order valence-electron chi connectivity index (χ1n) is 9.08. The molecule has 3 aromatic rings. The van der Waals surface area contributed by atoms with Crippen molar-refractivity contribution in [3.63, 3.8) is 0 Å². The van der Waals surface area contributed by atoms with Gasteiger partial charge in [0.15, 0.2) is 5.16 Å². The number of hydrogen-bond donors (Lipinski definition) is 1. The number of fused-ring (bicyclic) bond motifs is 1. The minimum atomic E-state index is 0.813. The van der Waals surface area contributed by atoms with Crippen molar-refractivity contribution in [2.75, 3.05) is 43.4 Å². The summed E-state index contributed by atoms with van der Waals surface area (Å²) in [6.07, 6.45) is 1.18. The van der Waals surface area contributed by atoms with Crippen molar-refractivity contribution in [1.82, 2.24) is 14.9 Å². The Morgan fingerprint density at radius 2 is 1.88 bits per heavy atom. The van der Waals surface area contributed by atoms with Crippen LogP contribution in [0.15, 0.2) is 53.7 Å². The predicted molar refractivity (Wildman–Crippen MR) is 112 cm³/mol. The second-order valence-corrected chi connectivity index (χ2v) is 8.09. The number of nitrogens with one attached hydrogen (secondary N) is 1. The third-order valence-corrected chi connectivity index (χ3v) is 5.97. The van der Waals surface area contributed by atoms with E-state index in [0.717, 1.165) is 59.7 Å². The van der Waals surface area contributed by atoms with Crippen molar-refractivity contribution < 1.29 is 0 Å². The van der Waals surface area contributed by atoms with Crippen LogP contribution in [0.2, 0.25) is 5.02 Å². The number of imidazole rings is 1. The van der Waals surface area contributed by atoms with E-state index in [-0.39, 0.29) is 0 Å². The number of aromatic nitrogens is 2. The van der Waals surface area contributed by atoms with Gasteiger partial charge in [0.2, 0.25) is 0 Å². The van der Waals surface area contributed by atoms with Crippen molar-refractivity contribution in [3.8, 4) is 0 Å². The summed E-state index contributed by atoms with van der Waals surface area (Å²) in [6.45, 7) is 5.51. The van der Waals surface area contributed by atoms with E-state index in [1.807, 2.05) is 36.0 Å². The van der Waals surface area contributed by atoms with Crippen LogP contribution in [0.4, 0.5) is 5.69 Å². The molecule has 0 atom stereocenters. The van der Waals surface area contributed by atoms with Gasteiger partial charge in [-0.15, -0.1) is 0 Å². The molecule has 6 heteroatoms. The van der Waals surface area contributed by atoms with Crippen LogP contribution < -0.4 is 4.90 Å². The Balaban J connectivity index is 1.19. The van der Waals surface area contributed by atoms with E-state index in [4.69, 9.17) is 11.6 Å². The molecule has 1 N–H and O–H groups in total. The topological polar surface area (TPSA) is 35.2 Å². The Bertz CT molecular complexity index is 825. The van der Waals surface area contributed by atoms with Crippen LogP contribution in [-0.4, -0.2) is 53.3 Å². The first-order chi connectivity index (χ1) is 12.8. The van der Waals surface area contributed by atoms with Crippen molar-refractivity contribution >= 4 is 40.1 Å². The Hall–Kier alpha value is -1.69. The van der Waals surface area contributed by atoms with Gasteiger partial charge < -0.3 is 9.88 Å².